The predicted molar refractivity (Wildman–Crippen MR) is 60.2 cm³/mol. The van der Waals surface area contributed by atoms with Gasteiger partial charge in [0.2, 0.25) is 0 Å². The molecule has 0 atom stereocenters. The molecule has 0 amide bonds. The molecule has 2 heterocycles. The Morgan fingerprint density at radius 3 is 2.69 bits per heavy atom. The van der Waals surface area contributed by atoms with Gasteiger partial charge in [0, 0.05) is 11.9 Å². The first-order chi connectivity index (χ1) is 7.84. The third-order valence-corrected chi connectivity index (χ3v) is 2.38. The van der Waals surface area contributed by atoms with Crippen LogP contribution < -0.4 is 5.73 Å². The summed E-state index contributed by atoms with van der Waals surface area (Å²) in [6.45, 7) is 0. The molecule has 0 spiro atoms. The number of nitrogens with zero attached hydrogens (tertiary/aromatic N) is 4. The van der Waals surface area contributed by atoms with Crippen molar-refractivity contribution in [2.24, 2.45) is 0 Å². The molecule has 0 saturated carbocycles. The van der Waals surface area contributed by atoms with Crippen molar-refractivity contribution in [2.75, 3.05) is 5.73 Å². The van der Waals surface area contributed by atoms with Crippen LogP contribution in [0.2, 0.25) is 0 Å². The normalized spacial score (nSPS) is 10.8. The second-order valence-electron chi connectivity index (χ2n) is 3.44. The largest absolute Gasteiger partial charge is 0.380 e. The Labute approximate surface area is 91.9 Å². The zero-order chi connectivity index (χ0) is 11.0. The van der Waals surface area contributed by atoms with Crippen molar-refractivity contribution >= 4 is 5.82 Å². The molecule has 2 N–H and O–H groups in total. The van der Waals surface area contributed by atoms with E-state index in [1.165, 1.54) is 0 Å². The fourth-order valence-corrected chi connectivity index (χ4v) is 1.58. The van der Waals surface area contributed by atoms with E-state index in [0.717, 1.165) is 5.69 Å². The van der Waals surface area contributed by atoms with Crippen LogP contribution in [-0.2, 0) is 0 Å². The van der Waals surface area contributed by atoms with Crippen LogP contribution in [0.15, 0.2) is 42.9 Å². The van der Waals surface area contributed by atoms with Crippen molar-refractivity contribution in [1.29, 1.82) is 0 Å². The number of fused-ring (bicyclic) bond motifs is 1. The number of rotatable bonds is 1. The van der Waals surface area contributed by atoms with Crippen LogP contribution in [0.5, 0.6) is 0 Å². The van der Waals surface area contributed by atoms with Crippen LogP contribution >= 0.6 is 0 Å². The van der Waals surface area contributed by atoms with Crippen LogP contribution in [0.3, 0.4) is 0 Å². The van der Waals surface area contributed by atoms with E-state index in [2.05, 4.69) is 15.2 Å². The molecule has 5 nitrogen and oxygen atoms in total. The second-order valence-corrected chi connectivity index (χ2v) is 3.44. The standard InChI is InChI=1S/C11H9N5/c12-11-10-9(14-15-11)6-16(7-13-10)8-4-2-1-3-5-8/h1-7H,12H2. The van der Waals surface area contributed by atoms with Gasteiger partial charge in [0.25, 0.3) is 0 Å². The first-order valence-corrected chi connectivity index (χ1v) is 4.86. The average molecular weight is 211 g/mol. The molecule has 1 aromatic carbocycles. The number of anilines is 1. The zero-order valence-corrected chi connectivity index (χ0v) is 8.41. The smallest absolute Gasteiger partial charge is 0.174 e. The summed E-state index contributed by atoms with van der Waals surface area (Å²) < 4.78 is 1.89. The first-order valence-electron chi connectivity index (χ1n) is 4.86. The van der Waals surface area contributed by atoms with Crippen LogP contribution in [-0.4, -0.2) is 19.7 Å². The van der Waals surface area contributed by atoms with Crippen molar-refractivity contribution in [3.8, 4) is 17.1 Å². The maximum atomic E-state index is 5.62. The van der Waals surface area contributed by atoms with Gasteiger partial charge >= 0.3 is 0 Å². The molecule has 2 aliphatic rings. The summed E-state index contributed by atoms with van der Waals surface area (Å²) in [5.74, 6) is 0.371. The Balaban J connectivity index is 2.17. The van der Waals surface area contributed by atoms with Gasteiger partial charge < -0.3 is 10.3 Å². The molecular weight excluding hydrogens is 202 g/mol. The summed E-state index contributed by atoms with van der Waals surface area (Å²) in [4.78, 5) is 4.23. The van der Waals surface area contributed by atoms with Crippen LogP contribution in [0, 0.1) is 0 Å². The van der Waals surface area contributed by atoms with Crippen molar-refractivity contribution in [2.45, 2.75) is 0 Å². The molecule has 0 radical (unpaired) electrons. The highest BCUT2D eigenvalue weighted by Gasteiger charge is 2.12. The quantitative estimate of drug-likeness (QED) is 0.659. The van der Waals surface area contributed by atoms with Crippen LogP contribution in [0.1, 0.15) is 0 Å². The van der Waals surface area contributed by atoms with Crippen LogP contribution in [0.25, 0.3) is 17.1 Å². The Kier molecular flexibility index (Phi) is 1.83. The SMILES string of the molecule is Nc1nnc2cn(-c3ccccc3)cnc1-2. The first kappa shape index (κ1) is 8.84. The highest BCUT2D eigenvalue weighted by molar-refractivity contribution is 5.67. The molecular formula is C11H9N5. The van der Waals surface area contributed by atoms with Crippen molar-refractivity contribution in [3.63, 3.8) is 0 Å². The monoisotopic (exact) mass is 211 g/mol. The van der Waals surface area contributed by atoms with E-state index in [4.69, 9.17) is 5.73 Å². The average Bonchev–Trinajstić information content (AvgIpc) is 2.72. The van der Waals surface area contributed by atoms with E-state index in [-0.39, 0.29) is 0 Å². The van der Waals surface area contributed by atoms with E-state index >= 15 is 0 Å². The molecule has 16 heavy (non-hydrogen) atoms. The Bertz CT molecular complexity index is 587. The summed E-state index contributed by atoms with van der Waals surface area (Å²) in [5, 5.41) is 7.73. The van der Waals surface area contributed by atoms with Gasteiger partial charge in [-0.3, -0.25) is 0 Å². The Morgan fingerprint density at radius 1 is 1.06 bits per heavy atom. The lowest BCUT2D eigenvalue weighted by molar-refractivity contribution is 0.972. The summed E-state index contributed by atoms with van der Waals surface area (Å²) in [6.07, 6.45) is 3.57. The van der Waals surface area contributed by atoms with Gasteiger partial charge in [-0.15, -0.1) is 10.2 Å². The van der Waals surface area contributed by atoms with E-state index in [1.807, 2.05) is 41.1 Å². The van der Waals surface area contributed by atoms with Gasteiger partial charge in [0.15, 0.2) is 5.82 Å². The van der Waals surface area contributed by atoms with E-state index in [9.17, 15) is 0 Å². The lowest BCUT2D eigenvalue weighted by Crippen LogP contribution is -1.99. The number of nitrogens with two attached hydrogens (primary N) is 1. The Morgan fingerprint density at radius 2 is 1.88 bits per heavy atom. The minimum atomic E-state index is 0.371. The lowest BCUT2D eigenvalue weighted by atomic mass is 10.3. The third kappa shape index (κ3) is 1.30. The maximum Gasteiger partial charge on any atom is 0.174 e. The van der Waals surface area contributed by atoms with Gasteiger partial charge in [0.05, 0.1) is 0 Å². The molecule has 78 valence electrons. The fourth-order valence-electron chi connectivity index (χ4n) is 1.58. The zero-order valence-electron chi connectivity index (χ0n) is 8.41. The van der Waals surface area contributed by atoms with E-state index in [1.54, 1.807) is 6.33 Å². The predicted octanol–water partition coefficient (Wildman–Crippen LogP) is 1.35. The van der Waals surface area contributed by atoms with Crippen LogP contribution in [0.4, 0.5) is 5.82 Å². The summed E-state index contributed by atoms with van der Waals surface area (Å²) in [5.41, 5.74) is 7.99. The molecule has 3 rings (SSSR count). The fraction of sp³-hybridized carbons (Fsp3) is 0. The maximum absolute atomic E-state index is 5.62. The second kappa shape index (κ2) is 3.30. The number of para-hydroxylation sites is 1. The molecule has 1 aromatic rings. The van der Waals surface area contributed by atoms with E-state index < -0.39 is 0 Å². The van der Waals surface area contributed by atoms with E-state index in [0.29, 0.717) is 17.2 Å². The number of aromatic nitrogens is 4. The van der Waals surface area contributed by atoms with Gasteiger partial charge in [-0.05, 0) is 12.1 Å². The summed E-state index contributed by atoms with van der Waals surface area (Å²) >= 11 is 0. The molecule has 0 aliphatic carbocycles. The summed E-state index contributed by atoms with van der Waals surface area (Å²) in [6, 6.07) is 9.89. The molecule has 0 saturated heterocycles. The highest BCUT2D eigenvalue weighted by Crippen LogP contribution is 2.22. The third-order valence-electron chi connectivity index (χ3n) is 2.38. The van der Waals surface area contributed by atoms with Gasteiger partial charge in [-0.1, -0.05) is 18.2 Å². The Hall–Kier alpha value is -2.43. The minimum absolute atomic E-state index is 0.371. The topological polar surface area (TPSA) is 69.6 Å². The minimum Gasteiger partial charge on any atom is -0.380 e. The van der Waals surface area contributed by atoms with Crippen molar-refractivity contribution in [1.82, 2.24) is 19.7 Å². The lowest BCUT2D eigenvalue weighted by Gasteiger charge is -2.06. The number of hydrogen-bond acceptors (Lipinski definition) is 4. The number of nitrogen functional groups attached to an aromatic ring is 1. The number of benzene rings is 1. The van der Waals surface area contributed by atoms with Crippen molar-refractivity contribution < 1.29 is 0 Å². The van der Waals surface area contributed by atoms with Crippen molar-refractivity contribution in [3.05, 3.63) is 42.9 Å². The van der Waals surface area contributed by atoms with Gasteiger partial charge in [0.1, 0.15) is 17.7 Å². The number of hydrogen-bond donors (Lipinski definition) is 1. The molecule has 0 unspecified atom stereocenters. The molecule has 0 bridgehead atoms. The summed E-state index contributed by atoms with van der Waals surface area (Å²) in [7, 11) is 0. The molecule has 0 fully saturated rings. The molecule has 5 heteroatoms. The molecule has 0 aromatic heterocycles. The highest BCUT2D eigenvalue weighted by atomic mass is 15.2. The van der Waals surface area contributed by atoms with Gasteiger partial charge in [-0.2, -0.15) is 0 Å². The van der Waals surface area contributed by atoms with Gasteiger partial charge in [-0.25, -0.2) is 4.98 Å². The molecule has 2 aliphatic heterocycles.